The van der Waals surface area contributed by atoms with Crippen LogP contribution in [0.4, 0.5) is 18.9 Å². The van der Waals surface area contributed by atoms with Gasteiger partial charge in [-0.2, -0.15) is 0 Å². The molecule has 2 aliphatic rings. The zero-order valence-electron chi connectivity index (χ0n) is 23.5. The molecule has 1 N–H and O–H groups in total. The number of aliphatic carboxylic acids is 1. The second-order valence-electron chi connectivity index (χ2n) is 11.5. The molecule has 41 heavy (non-hydrogen) atoms. The molecule has 0 amide bonds. The van der Waals surface area contributed by atoms with Gasteiger partial charge in [0.25, 0.3) is 0 Å². The molecule has 0 aliphatic carbocycles. The van der Waals surface area contributed by atoms with Gasteiger partial charge >= 0.3 is 5.97 Å². The molecule has 0 saturated carbocycles. The highest BCUT2D eigenvalue weighted by atomic mass is 19.1. The van der Waals surface area contributed by atoms with Crippen LogP contribution in [0.3, 0.4) is 0 Å². The first-order chi connectivity index (χ1) is 19.5. The average Bonchev–Trinajstić information content (AvgIpc) is 2.92. The molecular formula is C33H35F3N2O3. The van der Waals surface area contributed by atoms with Gasteiger partial charge in [0.15, 0.2) is 0 Å². The van der Waals surface area contributed by atoms with Gasteiger partial charge in [0.2, 0.25) is 0 Å². The van der Waals surface area contributed by atoms with Crippen LogP contribution < -0.4 is 4.90 Å². The van der Waals surface area contributed by atoms with Crippen molar-refractivity contribution < 1.29 is 27.8 Å². The third-order valence-corrected chi connectivity index (χ3v) is 7.78. The number of hydrogen-bond donors (Lipinski definition) is 1. The van der Waals surface area contributed by atoms with Gasteiger partial charge in [-0.1, -0.05) is 30.3 Å². The Kier molecular flexibility index (Phi) is 8.25. The van der Waals surface area contributed by atoms with Crippen LogP contribution in [0.2, 0.25) is 0 Å². The number of carbonyl (C=O) groups is 1. The maximum absolute atomic E-state index is 15.6. The topological polar surface area (TPSA) is 53.0 Å². The number of carboxylic acids is 1. The lowest BCUT2D eigenvalue weighted by Crippen LogP contribution is -2.48. The van der Waals surface area contributed by atoms with E-state index in [0.29, 0.717) is 19.6 Å². The maximum atomic E-state index is 15.6. The maximum Gasteiger partial charge on any atom is 0.328 e. The SMILES string of the molecule is C[C@@H]1Cc2cc(-c3ccc(N4CCOCC4)cc3)ccc2[C@@H](c2c(F)cc(/C=C/C(=O)O)cc2F)N1CC(C)(C)F. The van der Waals surface area contributed by atoms with Gasteiger partial charge < -0.3 is 14.7 Å². The minimum atomic E-state index is -1.59. The predicted molar refractivity (Wildman–Crippen MR) is 155 cm³/mol. The van der Waals surface area contributed by atoms with E-state index in [1.807, 2.05) is 24.0 Å². The number of morpholine rings is 1. The van der Waals surface area contributed by atoms with Gasteiger partial charge in [0.1, 0.15) is 17.3 Å². The summed E-state index contributed by atoms with van der Waals surface area (Å²) in [6, 6.07) is 15.5. The molecule has 0 aromatic heterocycles. The number of nitrogens with zero attached hydrogens (tertiary/aromatic N) is 2. The second-order valence-corrected chi connectivity index (χ2v) is 11.5. The first-order valence-electron chi connectivity index (χ1n) is 13.9. The van der Waals surface area contributed by atoms with Crippen LogP contribution >= 0.6 is 0 Å². The Labute approximate surface area is 238 Å². The van der Waals surface area contributed by atoms with Crippen LogP contribution in [0.25, 0.3) is 17.2 Å². The van der Waals surface area contributed by atoms with Crippen molar-refractivity contribution >= 4 is 17.7 Å². The summed E-state index contributed by atoms with van der Waals surface area (Å²) >= 11 is 0. The number of rotatable bonds is 7. The van der Waals surface area contributed by atoms with Crippen molar-refractivity contribution in [1.29, 1.82) is 0 Å². The van der Waals surface area contributed by atoms with E-state index < -0.39 is 29.3 Å². The number of ether oxygens (including phenoxy) is 1. The van der Waals surface area contributed by atoms with Crippen molar-refractivity contribution in [1.82, 2.24) is 4.90 Å². The Morgan fingerprint density at radius 2 is 1.66 bits per heavy atom. The van der Waals surface area contributed by atoms with Crippen LogP contribution in [-0.2, 0) is 16.0 Å². The Hall–Kier alpha value is -3.62. The van der Waals surface area contributed by atoms with E-state index >= 15 is 13.2 Å². The van der Waals surface area contributed by atoms with Crippen molar-refractivity contribution in [2.24, 2.45) is 0 Å². The molecule has 0 radical (unpaired) electrons. The molecular weight excluding hydrogens is 529 g/mol. The van der Waals surface area contributed by atoms with Crippen molar-refractivity contribution in [3.05, 3.63) is 94.6 Å². The van der Waals surface area contributed by atoms with Crippen LogP contribution in [0.5, 0.6) is 0 Å². The number of halogens is 3. The molecule has 5 rings (SSSR count). The van der Waals surface area contributed by atoms with E-state index in [4.69, 9.17) is 9.84 Å². The molecule has 2 atom stereocenters. The van der Waals surface area contributed by atoms with Gasteiger partial charge in [0.05, 0.1) is 19.3 Å². The Balaban J connectivity index is 1.54. The standard InChI is InChI=1S/C33H35F3N2O3/c1-21-16-25-19-24(23-5-8-26(9-6-23)37-12-14-41-15-13-37)7-10-27(25)32(38(21)20-33(2,3)36)31-28(34)17-22(18-29(31)35)4-11-30(39)40/h4-11,17-19,21,32H,12-16,20H2,1-3H3,(H,39,40)/b11-4+/t21-,32+/m1/s1. The Morgan fingerprint density at radius 3 is 2.27 bits per heavy atom. The number of carboxylic acid groups (broad SMARTS) is 1. The molecule has 0 spiro atoms. The number of hydrogen-bond acceptors (Lipinski definition) is 4. The first kappa shape index (κ1) is 28.9. The number of alkyl halides is 1. The Morgan fingerprint density at radius 1 is 1.02 bits per heavy atom. The normalized spacial score (nSPS) is 19.9. The van der Waals surface area contributed by atoms with Crippen molar-refractivity contribution in [3.8, 4) is 11.1 Å². The molecule has 0 unspecified atom stereocenters. The van der Waals surface area contributed by atoms with Gasteiger partial charge in [-0.25, -0.2) is 18.0 Å². The third-order valence-electron chi connectivity index (χ3n) is 7.78. The number of anilines is 1. The fraction of sp³-hybridized carbons (Fsp3) is 0.364. The highest BCUT2D eigenvalue weighted by Gasteiger charge is 2.39. The molecule has 1 fully saturated rings. The summed E-state index contributed by atoms with van der Waals surface area (Å²) in [5.74, 6) is -2.82. The molecule has 1 saturated heterocycles. The summed E-state index contributed by atoms with van der Waals surface area (Å²) in [5.41, 5.74) is 3.20. The lowest BCUT2D eigenvalue weighted by molar-refractivity contribution is -0.131. The molecule has 3 aromatic rings. The molecule has 2 aliphatic heterocycles. The van der Waals surface area contributed by atoms with Crippen molar-refractivity contribution in [3.63, 3.8) is 0 Å². The summed E-state index contributed by atoms with van der Waals surface area (Å²) < 4.78 is 51.7. The summed E-state index contributed by atoms with van der Waals surface area (Å²) in [6.07, 6.45) is 2.58. The predicted octanol–water partition coefficient (Wildman–Crippen LogP) is 6.65. The second kappa shape index (κ2) is 11.7. The summed E-state index contributed by atoms with van der Waals surface area (Å²) in [6.45, 7) is 8.00. The van der Waals surface area contributed by atoms with E-state index in [9.17, 15) is 4.79 Å². The molecule has 216 valence electrons. The summed E-state index contributed by atoms with van der Waals surface area (Å²) in [5, 5.41) is 8.91. The molecule has 8 heteroatoms. The third kappa shape index (κ3) is 6.49. The van der Waals surface area contributed by atoms with E-state index in [0.717, 1.165) is 65.3 Å². The van der Waals surface area contributed by atoms with Gasteiger partial charge in [-0.3, -0.25) is 4.90 Å². The monoisotopic (exact) mass is 564 g/mol. The largest absolute Gasteiger partial charge is 0.478 e. The van der Waals surface area contributed by atoms with Gasteiger partial charge in [0, 0.05) is 43.0 Å². The zero-order valence-corrected chi connectivity index (χ0v) is 23.5. The minimum Gasteiger partial charge on any atom is -0.478 e. The van der Waals surface area contributed by atoms with Crippen LogP contribution in [-0.4, -0.2) is 60.5 Å². The minimum absolute atomic E-state index is 0.0113. The van der Waals surface area contributed by atoms with E-state index in [1.54, 1.807) is 0 Å². The molecule has 2 heterocycles. The number of fused-ring (bicyclic) bond motifs is 1. The van der Waals surface area contributed by atoms with E-state index in [-0.39, 0.29) is 23.7 Å². The quantitative estimate of drug-likeness (QED) is 0.326. The first-order valence-corrected chi connectivity index (χ1v) is 13.9. The van der Waals surface area contributed by atoms with Crippen LogP contribution in [0, 0.1) is 11.6 Å². The highest BCUT2D eigenvalue weighted by Crippen LogP contribution is 2.42. The molecule has 3 aromatic carbocycles. The smallest absolute Gasteiger partial charge is 0.328 e. The van der Waals surface area contributed by atoms with E-state index in [2.05, 4.69) is 35.2 Å². The summed E-state index contributed by atoms with van der Waals surface area (Å²) in [7, 11) is 0. The lowest BCUT2D eigenvalue weighted by Gasteiger charge is -2.44. The highest BCUT2D eigenvalue weighted by molar-refractivity contribution is 5.85. The number of benzene rings is 3. The fourth-order valence-corrected chi connectivity index (χ4v) is 5.92. The Bertz CT molecular complexity index is 1420. The summed E-state index contributed by atoms with van der Waals surface area (Å²) in [4.78, 5) is 15.0. The molecule has 0 bridgehead atoms. The lowest BCUT2D eigenvalue weighted by atomic mass is 9.82. The van der Waals surface area contributed by atoms with Crippen molar-refractivity contribution in [2.75, 3.05) is 37.7 Å². The molecule has 5 nitrogen and oxygen atoms in total. The van der Waals surface area contributed by atoms with Crippen LogP contribution in [0.15, 0.2) is 60.7 Å². The van der Waals surface area contributed by atoms with Gasteiger partial charge in [-0.15, -0.1) is 0 Å². The zero-order chi connectivity index (χ0) is 29.3. The average molecular weight is 565 g/mol. The van der Waals surface area contributed by atoms with Crippen LogP contribution in [0.1, 0.15) is 49.1 Å². The van der Waals surface area contributed by atoms with Crippen molar-refractivity contribution in [2.45, 2.75) is 44.9 Å². The van der Waals surface area contributed by atoms with E-state index in [1.165, 1.54) is 13.8 Å². The van der Waals surface area contributed by atoms with Gasteiger partial charge in [-0.05, 0) is 85.4 Å². The fourth-order valence-electron chi connectivity index (χ4n) is 5.92.